The Morgan fingerprint density at radius 3 is 2.87 bits per heavy atom. The Morgan fingerprint density at radius 1 is 1.53 bits per heavy atom. The summed E-state index contributed by atoms with van der Waals surface area (Å²) in [5, 5.41) is 0.470. The van der Waals surface area contributed by atoms with E-state index in [-0.39, 0.29) is 11.0 Å². The summed E-state index contributed by atoms with van der Waals surface area (Å²) in [4.78, 5) is 16.3. The van der Waals surface area contributed by atoms with Gasteiger partial charge in [-0.15, -0.1) is 11.8 Å². The summed E-state index contributed by atoms with van der Waals surface area (Å²) in [5.41, 5.74) is 0. The summed E-state index contributed by atoms with van der Waals surface area (Å²) in [6, 6.07) is 0. The normalized spacial score (nSPS) is 26.5. The molecular weight excluding hydrogens is 228 g/mol. The molecule has 1 aliphatic heterocycles. The molecular formula is C10H14N2OS2. The number of aryl methyl sites for hydroxylation is 1. The molecule has 2 atom stereocenters. The third-order valence-corrected chi connectivity index (χ3v) is 5.58. The monoisotopic (exact) mass is 242 g/mol. The average Bonchev–Trinajstić information content (AvgIpc) is 2.64. The number of nitrogens with zero attached hydrogens (tertiary/aromatic N) is 2. The molecule has 0 bridgehead atoms. The van der Waals surface area contributed by atoms with Gasteiger partial charge < -0.3 is 4.57 Å². The number of carbonyl (C=O) groups excluding carboxylic acids is 1. The van der Waals surface area contributed by atoms with Gasteiger partial charge in [0.1, 0.15) is 0 Å². The van der Waals surface area contributed by atoms with Crippen LogP contribution in [0.4, 0.5) is 0 Å². The molecule has 1 aromatic rings. The van der Waals surface area contributed by atoms with Crippen molar-refractivity contribution < 1.29 is 4.79 Å². The van der Waals surface area contributed by atoms with Crippen LogP contribution >= 0.6 is 23.5 Å². The molecule has 1 aromatic heterocycles. The van der Waals surface area contributed by atoms with Crippen LogP contribution in [0.3, 0.4) is 0 Å². The Hall–Kier alpha value is -0.420. The highest BCUT2D eigenvalue weighted by Crippen LogP contribution is 2.32. The van der Waals surface area contributed by atoms with Crippen LogP contribution in [0.15, 0.2) is 12.4 Å². The predicted octanol–water partition coefficient (Wildman–Crippen LogP) is 1.84. The Kier molecular flexibility index (Phi) is 3.41. The summed E-state index contributed by atoms with van der Waals surface area (Å²) < 4.78 is 1.80. The van der Waals surface area contributed by atoms with Crippen LogP contribution in [0.5, 0.6) is 0 Å². The maximum absolute atomic E-state index is 12.2. The zero-order valence-electron chi connectivity index (χ0n) is 8.84. The molecule has 1 fully saturated rings. The van der Waals surface area contributed by atoms with Gasteiger partial charge in [-0.3, -0.25) is 4.79 Å². The number of ketones is 1. The lowest BCUT2D eigenvalue weighted by Gasteiger charge is -2.26. The van der Waals surface area contributed by atoms with Gasteiger partial charge in [-0.05, 0) is 0 Å². The van der Waals surface area contributed by atoms with Crippen LogP contribution in [0.2, 0.25) is 0 Å². The summed E-state index contributed by atoms with van der Waals surface area (Å²) in [6.07, 6.45) is 3.50. The topological polar surface area (TPSA) is 34.9 Å². The summed E-state index contributed by atoms with van der Waals surface area (Å²) in [6.45, 7) is 2.13. The molecule has 0 radical (unpaired) electrons. The van der Waals surface area contributed by atoms with Crippen molar-refractivity contribution in [2.75, 3.05) is 11.5 Å². The summed E-state index contributed by atoms with van der Waals surface area (Å²) in [5.74, 6) is 2.97. The standard InChI is InChI=1S/C10H14N2OS2/c1-7-9(15-6-5-14-7)8(13)10-11-3-4-12(10)2/h3-4,7,9H,5-6H2,1-2H3. The highest BCUT2D eigenvalue weighted by Gasteiger charge is 2.31. The van der Waals surface area contributed by atoms with Gasteiger partial charge in [0, 0.05) is 36.2 Å². The van der Waals surface area contributed by atoms with Crippen LogP contribution in [-0.2, 0) is 7.05 Å². The average molecular weight is 242 g/mol. The van der Waals surface area contributed by atoms with Crippen molar-refractivity contribution in [3.63, 3.8) is 0 Å². The molecule has 0 amide bonds. The zero-order chi connectivity index (χ0) is 10.8. The Balaban J connectivity index is 2.17. The molecule has 15 heavy (non-hydrogen) atoms. The van der Waals surface area contributed by atoms with Gasteiger partial charge in [-0.1, -0.05) is 6.92 Å². The maximum atomic E-state index is 12.2. The van der Waals surface area contributed by atoms with Crippen molar-refractivity contribution in [3.8, 4) is 0 Å². The van der Waals surface area contributed by atoms with E-state index in [1.165, 1.54) is 0 Å². The van der Waals surface area contributed by atoms with Crippen LogP contribution in [-0.4, -0.2) is 37.3 Å². The summed E-state index contributed by atoms with van der Waals surface area (Å²) >= 11 is 3.64. The molecule has 2 rings (SSSR count). The molecule has 5 heteroatoms. The highest BCUT2D eigenvalue weighted by atomic mass is 32.2. The van der Waals surface area contributed by atoms with Gasteiger partial charge in [0.05, 0.1) is 5.25 Å². The van der Waals surface area contributed by atoms with E-state index in [9.17, 15) is 4.79 Å². The molecule has 82 valence electrons. The fraction of sp³-hybridized carbons (Fsp3) is 0.600. The van der Waals surface area contributed by atoms with Crippen molar-refractivity contribution in [1.29, 1.82) is 0 Å². The Bertz CT molecular complexity index is 364. The first kappa shape index (κ1) is 11.1. The van der Waals surface area contributed by atoms with E-state index in [4.69, 9.17) is 0 Å². The molecule has 1 aliphatic rings. The fourth-order valence-electron chi connectivity index (χ4n) is 1.65. The van der Waals surface area contributed by atoms with Crippen molar-refractivity contribution in [2.45, 2.75) is 17.4 Å². The third-order valence-electron chi connectivity index (χ3n) is 2.49. The first-order valence-electron chi connectivity index (χ1n) is 4.95. The lowest BCUT2D eigenvalue weighted by molar-refractivity contribution is 0.0976. The number of hydrogen-bond acceptors (Lipinski definition) is 4. The molecule has 2 unspecified atom stereocenters. The van der Waals surface area contributed by atoms with Gasteiger partial charge in [-0.2, -0.15) is 11.8 Å². The van der Waals surface area contributed by atoms with Crippen molar-refractivity contribution in [3.05, 3.63) is 18.2 Å². The number of thioether (sulfide) groups is 2. The van der Waals surface area contributed by atoms with E-state index in [1.54, 1.807) is 22.5 Å². The lowest BCUT2D eigenvalue weighted by Crippen LogP contribution is -2.32. The van der Waals surface area contributed by atoms with Gasteiger partial charge in [-0.25, -0.2) is 4.98 Å². The van der Waals surface area contributed by atoms with Crippen molar-refractivity contribution in [2.24, 2.45) is 7.05 Å². The maximum Gasteiger partial charge on any atom is 0.212 e. The van der Waals surface area contributed by atoms with E-state index in [1.807, 2.05) is 25.0 Å². The molecule has 2 heterocycles. The fourth-order valence-corrected chi connectivity index (χ4v) is 4.34. The molecule has 0 aliphatic carbocycles. The Morgan fingerprint density at radius 2 is 2.27 bits per heavy atom. The van der Waals surface area contributed by atoms with E-state index in [0.717, 1.165) is 11.5 Å². The van der Waals surface area contributed by atoms with E-state index >= 15 is 0 Å². The van der Waals surface area contributed by atoms with Gasteiger partial charge in [0.15, 0.2) is 5.82 Å². The molecule has 0 saturated carbocycles. The SMILES string of the molecule is CC1SCCSC1C(=O)c1nccn1C. The van der Waals surface area contributed by atoms with Crippen LogP contribution in [0, 0.1) is 0 Å². The predicted molar refractivity (Wildman–Crippen MR) is 65.7 cm³/mol. The minimum absolute atomic E-state index is 0.0739. The minimum Gasteiger partial charge on any atom is -0.332 e. The molecule has 0 N–H and O–H groups in total. The van der Waals surface area contributed by atoms with Crippen molar-refractivity contribution >= 4 is 29.3 Å². The van der Waals surface area contributed by atoms with E-state index in [0.29, 0.717) is 11.1 Å². The Labute approximate surface area is 98.0 Å². The van der Waals surface area contributed by atoms with Gasteiger partial charge in [0.25, 0.3) is 0 Å². The van der Waals surface area contributed by atoms with E-state index < -0.39 is 0 Å². The number of aromatic nitrogens is 2. The van der Waals surface area contributed by atoms with Crippen LogP contribution in [0.1, 0.15) is 17.5 Å². The second-order valence-electron chi connectivity index (χ2n) is 3.59. The first-order chi connectivity index (χ1) is 7.20. The van der Waals surface area contributed by atoms with Crippen LogP contribution in [0.25, 0.3) is 0 Å². The number of imidazole rings is 1. The second-order valence-corrected chi connectivity index (χ2v) is 6.33. The first-order valence-corrected chi connectivity index (χ1v) is 7.04. The van der Waals surface area contributed by atoms with Crippen LogP contribution < -0.4 is 0 Å². The lowest BCUT2D eigenvalue weighted by atomic mass is 10.2. The molecule has 3 nitrogen and oxygen atoms in total. The second kappa shape index (κ2) is 4.61. The van der Waals surface area contributed by atoms with Crippen molar-refractivity contribution in [1.82, 2.24) is 9.55 Å². The minimum atomic E-state index is 0.0739. The third kappa shape index (κ3) is 2.23. The highest BCUT2D eigenvalue weighted by molar-refractivity contribution is 8.07. The van der Waals surface area contributed by atoms with Gasteiger partial charge >= 0.3 is 0 Å². The van der Waals surface area contributed by atoms with Gasteiger partial charge in [0.2, 0.25) is 5.78 Å². The number of rotatable bonds is 2. The molecule has 0 aromatic carbocycles. The largest absolute Gasteiger partial charge is 0.332 e. The molecule has 0 spiro atoms. The number of hydrogen-bond donors (Lipinski definition) is 0. The number of carbonyl (C=O) groups is 1. The summed E-state index contributed by atoms with van der Waals surface area (Å²) in [7, 11) is 1.87. The smallest absolute Gasteiger partial charge is 0.212 e. The molecule has 1 saturated heterocycles. The quantitative estimate of drug-likeness (QED) is 0.741. The van der Waals surface area contributed by atoms with E-state index in [2.05, 4.69) is 11.9 Å². The number of Topliss-reactive ketones (excluding diaryl/α,β-unsaturated/α-hetero) is 1. The zero-order valence-corrected chi connectivity index (χ0v) is 10.5.